The quantitative estimate of drug-likeness (QED) is 0.739. The van der Waals surface area contributed by atoms with E-state index in [-0.39, 0.29) is 11.7 Å². The van der Waals surface area contributed by atoms with Gasteiger partial charge in [-0.25, -0.2) is 0 Å². The zero-order chi connectivity index (χ0) is 12.0. The third-order valence-electron chi connectivity index (χ3n) is 2.36. The van der Waals surface area contributed by atoms with Crippen molar-refractivity contribution in [3.8, 4) is 5.75 Å². The van der Waals surface area contributed by atoms with E-state index in [9.17, 15) is 9.90 Å². The van der Waals surface area contributed by atoms with Gasteiger partial charge in [0.1, 0.15) is 5.75 Å². The maximum Gasteiger partial charge on any atom is 0.227 e. The van der Waals surface area contributed by atoms with Crippen molar-refractivity contribution in [2.24, 2.45) is 0 Å². The van der Waals surface area contributed by atoms with Gasteiger partial charge in [-0.15, -0.1) is 0 Å². The minimum atomic E-state index is 0.0338. The molecule has 4 nitrogen and oxygen atoms in total. The average Bonchev–Trinajstić information content (AvgIpc) is 2.28. The molecule has 4 heteroatoms. The van der Waals surface area contributed by atoms with Gasteiger partial charge < -0.3 is 15.3 Å². The van der Waals surface area contributed by atoms with E-state index in [4.69, 9.17) is 0 Å². The minimum absolute atomic E-state index is 0.0338. The number of aromatic hydroxyl groups is 1. The van der Waals surface area contributed by atoms with Crippen LogP contribution in [-0.2, 0) is 4.79 Å². The first-order valence-corrected chi connectivity index (χ1v) is 5.41. The topological polar surface area (TPSA) is 52.6 Å². The molecule has 0 heterocycles. The second-order valence-electron chi connectivity index (χ2n) is 3.58. The van der Waals surface area contributed by atoms with E-state index in [0.29, 0.717) is 18.7 Å². The first-order chi connectivity index (χ1) is 7.65. The summed E-state index contributed by atoms with van der Waals surface area (Å²) >= 11 is 0. The molecule has 0 spiro atoms. The molecule has 88 valence electrons. The van der Waals surface area contributed by atoms with Crippen molar-refractivity contribution < 1.29 is 9.90 Å². The lowest BCUT2D eigenvalue weighted by Crippen LogP contribution is -2.29. The van der Waals surface area contributed by atoms with Crippen molar-refractivity contribution in [1.82, 2.24) is 5.32 Å². The Kier molecular flexibility index (Phi) is 4.79. The van der Waals surface area contributed by atoms with E-state index in [1.807, 2.05) is 6.92 Å². The molecule has 0 fully saturated rings. The second kappa shape index (κ2) is 6.12. The van der Waals surface area contributed by atoms with Gasteiger partial charge >= 0.3 is 0 Å². The van der Waals surface area contributed by atoms with Crippen LogP contribution in [-0.4, -0.2) is 31.2 Å². The molecule has 0 aliphatic carbocycles. The number of amides is 1. The Bertz CT molecular complexity index is 353. The number of nitrogens with zero attached hydrogens (tertiary/aromatic N) is 1. The summed E-state index contributed by atoms with van der Waals surface area (Å²) in [6, 6.07) is 6.68. The third-order valence-corrected chi connectivity index (χ3v) is 2.36. The standard InChI is InChI=1S/C12H18N2O2/c1-3-13-8-7-12(16)14(2)10-5-4-6-11(15)9-10/h4-6,9,13,15H,3,7-8H2,1-2H3. The number of benzene rings is 1. The predicted molar refractivity (Wildman–Crippen MR) is 64.7 cm³/mol. The zero-order valence-electron chi connectivity index (χ0n) is 9.73. The molecule has 0 saturated carbocycles. The lowest BCUT2D eigenvalue weighted by Gasteiger charge is -2.17. The molecule has 0 aliphatic rings. The van der Waals surface area contributed by atoms with Crippen molar-refractivity contribution in [3.05, 3.63) is 24.3 Å². The molecule has 0 saturated heterocycles. The maximum absolute atomic E-state index is 11.7. The summed E-state index contributed by atoms with van der Waals surface area (Å²) in [6.07, 6.45) is 0.458. The SMILES string of the molecule is CCNCCC(=O)N(C)c1cccc(O)c1. The predicted octanol–water partition coefficient (Wildman–Crippen LogP) is 1.35. The van der Waals surface area contributed by atoms with Gasteiger partial charge in [0, 0.05) is 31.8 Å². The van der Waals surface area contributed by atoms with Crippen molar-refractivity contribution in [2.45, 2.75) is 13.3 Å². The Balaban J connectivity index is 2.56. The summed E-state index contributed by atoms with van der Waals surface area (Å²) in [5.41, 5.74) is 0.710. The van der Waals surface area contributed by atoms with E-state index in [1.165, 1.54) is 0 Å². The molecule has 0 unspecified atom stereocenters. The lowest BCUT2D eigenvalue weighted by atomic mass is 10.2. The summed E-state index contributed by atoms with van der Waals surface area (Å²) in [5.74, 6) is 0.204. The van der Waals surface area contributed by atoms with E-state index in [0.717, 1.165) is 6.54 Å². The highest BCUT2D eigenvalue weighted by atomic mass is 16.3. The molecule has 0 aromatic heterocycles. The molecule has 0 aliphatic heterocycles. The molecule has 1 aromatic carbocycles. The van der Waals surface area contributed by atoms with Gasteiger partial charge in [-0.05, 0) is 18.7 Å². The normalized spacial score (nSPS) is 10.1. The fraction of sp³-hybridized carbons (Fsp3) is 0.417. The number of rotatable bonds is 5. The van der Waals surface area contributed by atoms with E-state index in [1.54, 1.807) is 36.2 Å². The Morgan fingerprint density at radius 3 is 2.88 bits per heavy atom. The Hall–Kier alpha value is -1.55. The highest BCUT2D eigenvalue weighted by Crippen LogP contribution is 2.19. The summed E-state index contributed by atoms with van der Waals surface area (Å²) in [4.78, 5) is 13.3. The monoisotopic (exact) mass is 222 g/mol. The van der Waals surface area contributed by atoms with Crippen molar-refractivity contribution >= 4 is 11.6 Å². The Labute approximate surface area is 95.9 Å². The molecule has 16 heavy (non-hydrogen) atoms. The molecule has 1 rings (SSSR count). The first-order valence-electron chi connectivity index (χ1n) is 5.41. The number of phenols is 1. The van der Waals surface area contributed by atoms with Crippen LogP contribution in [0.2, 0.25) is 0 Å². The highest BCUT2D eigenvalue weighted by molar-refractivity contribution is 5.93. The second-order valence-corrected chi connectivity index (χ2v) is 3.58. The van der Waals surface area contributed by atoms with Crippen LogP contribution in [0, 0.1) is 0 Å². The van der Waals surface area contributed by atoms with Gasteiger partial charge in [-0.2, -0.15) is 0 Å². The molecule has 0 atom stereocenters. The number of hydrogen-bond acceptors (Lipinski definition) is 3. The van der Waals surface area contributed by atoms with Crippen LogP contribution >= 0.6 is 0 Å². The Morgan fingerprint density at radius 2 is 2.25 bits per heavy atom. The number of carbonyl (C=O) groups excluding carboxylic acids is 1. The highest BCUT2D eigenvalue weighted by Gasteiger charge is 2.10. The van der Waals surface area contributed by atoms with Gasteiger partial charge in [0.2, 0.25) is 5.91 Å². The molecule has 0 bridgehead atoms. The molecule has 1 aromatic rings. The van der Waals surface area contributed by atoms with E-state index >= 15 is 0 Å². The molecule has 1 amide bonds. The third kappa shape index (κ3) is 3.55. The van der Waals surface area contributed by atoms with Crippen LogP contribution in [0.5, 0.6) is 5.75 Å². The number of phenolic OH excluding ortho intramolecular Hbond substituents is 1. The summed E-state index contributed by atoms with van der Waals surface area (Å²) in [5, 5.41) is 12.4. The summed E-state index contributed by atoms with van der Waals surface area (Å²) in [6.45, 7) is 3.55. The van der Waals surface area contributed by atoms with Crippen LogP contribution in [0.1, 0.15) is 13.3 Å². The molecule has 2 N–H and O–H groups in total. The summed E-state index contributed by atoms with van der Waals surface area (Å²) in [7, 11) is 1.71. The fourth-order valence-corrected chi connectivity index (χ4v) is 1.39. The first kappa shape index (κ1) is 12.5. The molecular weight excluding hydrogens is 204 g/mol. The fourth-order valence-electron chi connectivity index (χ4n) is 1.39. The van der Waals surface area contributed by atoms with E-state index < -0.39 is 0 Å². The van der Waals surface area contributed by atoms with Crippen molar-refractivity contribution in [2.75, 3.05) is 25.0 Å². The average molecular weight is 222 g/mol. The van der Waals surface area contributed by atoms with Crippen LogP contribution < -0.4 is 10.2 Å². The summed E-state index contributed by atoms with van der Waals surface area (Å²) < 4.78 is 0. The van der Waals surface area contributed by atoms with Crippen LogP contribution in [0.3, 0.4) is 0 Å². The van der Waals surface area contributed by atoms with Crippen molar-refractivity contribution in [3.63, 3.8) is 0 Å². The van der Waals surface area contributed by atoms with Crippen LogP contribution in [0.4, 0.5) is 5.69 Å². The van der Waals surface area contributed by atoms with Gasteiger partial charge in [0.15, 0.2) is 0 Å². The smallest absolute Gasteiger partial charge is 0.227 e. The number of hydrogen-bond donors (Lipinski definition) is 2. The largest absolute Gasteiger partial charge is 0.508 e. The minimum Gasteiger partial charge on any atom is -0.508 e. The van der Waals surface area contributed by atoms with Gasteiger partial charge in [0.25, 0.3) is 0 Å². The van der Waals surface area contributed by atoms with Crippen LogP contribution in [0.15, 0.2) is 24.3 Å². The van der Waals surface area contributed by atoms with Crippen LogP contribution in [0.25, 0.3) is 0 Å². The Morgan fingerprint density at radius 1 is 1.50 bits per heavy atom. The lowest BCUT2D eigenvalue weighted by molar-refractivity contribution is -0.118. The number of carbonyl (C=O) groups is 1. The zero-order valence-corrected chi connectivity index (χ0v) is 9.73. The molecule has 0 radical (unpaired) electrons. The molecular formula is C12H18N2O2. The van der Waals surface area contributed by atoms with Gasteiger partial charge in [-0.1, -0.05) is 13.0 Å². The number of nitrogens with one attached hydrogen (secondary N) is 1. The van der Waals surface area contributed by atoms with E-state index in [2.05, 4.69) is 5.32 Å². The van der Waals surface area contributed by atoms with Crippen molar-refractivity contribution in [1.29, 1.82) is 0 Å². The van der Waals surface area contributed by atoms with Gasteiger partial charge in [0.05, 0.1) is 0 Å². The number of anilines is 1. The maximum atomic E-state index is 11.7. The van der Waals surface area contributed by atoms with Gasteiger partial charge in [-0.3, -0.25) is 4.79 Å².